The first-order chi connectivity index (χ1) is 25.9. The minimum absolute atomic E-state index is 0.0385. The summed E-state index contributed by atoms with van der Waals surface area (Å²) in [4.78, 5) is 77.0. The molecule has 2 aliphatic heterocycles. The molecule has 7 rings (SSSR count). The fourth-order valence-corrected chi connectivity index (χ4v) is 8.58. The summed E-state index contributed by atoms with van der Waals surface area (Å²) in [5.41, 5.74) is 3.55. The first-order valence-corrected chi connectivity index (χ1v) is 19.4. The van der Waals surface area contributed by atoms with Crippen molar-refractivity contribution in [3.63, 3.8) is 0 Å². The maximum atomic E-state index is 13.7. The second kappa shape index (κ2) is 15.2. The quantitative estimate of drug-likeness (QED) is 0.132. The molecule has 14 nitrogen and oxygen atoms in total. The molecule has 0 spiro atoms. The first-order valence-electron chi connectivity index (χ1n) is 18.6. The van der Waals surface area contributed by atoms with E-state index in [9.17, 15) is 19.2 Å². The number of methoxy groups -OCH3 is 1. The predicted molar refractivity (Wildman–Crippen MR) is 206 cm³/mol. The van der Waals surface area contributed by atoms with Crippen molar-refractivity contribution in [1.82, 2.24) is 45.4 Å². The number of thiazole rings is 1. The van der Waals surface area contributed by atoms with Crippen molar-refractivity contribution in [3.8, 4) is 21.1 Å². The summed E-state index contributed by atoms with van der Waals surface area (Å²) in [6, 6.07) is 8.69. The van der Waals surface area contributed by atoms with Crippen molar-refractivity contribution < 1.29 is 23.9 Å². The Hall–Kier alpha value is -5.31. The van der Waals surface area contributed by atoms with Gasteiger partial charge in [-0.05, 0) is 60.6 Å². The molecule has 4 N–H and O–H groups in total. The molecular weight excluding hydrogens is 707 g/mol. The summed E-state index contributed by atoms with van der Waals surface area (Å²) in [7, 11) is 1.29. The number of carbonyl (C=O) groups excluding carboxylic acids is 4. The largest absolute Gasteiger partial charge is 0.453 e. The van der Waals surface area contributed by atoms with Crippen molar-refractivity contribution in [1.29, 1.82) is 0 Å². The van der Waals surface area contributed by atoms with Crippen LogP contribution in [0.3, 0.4) is 0 Å². The van der Waals surface area contributed by atoms with Gasteiger partial charge in [0.15, 0.2) is 0 Å². The normalized spacial score (nSPS) is 18.5. The van der Waals surface area contributed by atoms with E-state index >= 15 is 0 Å². The molecule has 2 aromatic carbocycles. The van der Waals surface area contributed by atoms with Gasteiger partial charge in [0.25, 0.3) is 0 Å². The van der Waals surface area contributed by atoms with E-state index < -0.39 is 18.2 Å². The standard InChI is InChI=1S/C39H47N9O5S/c1-20(2)31(42-22(5)49)37(50)47-15-7-9-28(47)34-40-18-27(44-34)36-41-19-30(54-36)24-11-13-25-23(17-24)12-14-26-33(25)45-35(43-26)29-10-8-16-48(29)38(51)32(21(3)4)46-39(52)53-6/h11-14,17-21,28-29,31-32H,7-10,15-16H2,1-6H3,(H,40,44)(H,42,49)(H,43,45)(H,46,52)/t28-,29-,31-,32-/m0/s1. The smallest absolute Gasteiger partial charge is 0.407 e. The van der Waals surface area contributed by atoms with Gasteiger partial charge in [0.05, 0.1) is 47.0 Å². The molecule has 5 aromatic rings. The summed E-state index contributed by atoms with van der Waals surface area (Å²) in [5, 5.41) is 8.36. The van der Waals surface area contributed by atoms with Gasteiger partial charge in [-0.2, -0.15) is 0 Å². The molecule has 15 heteroatoms. The van der Waals surface area contributed by atoms with E-state index in [2.05, 4.69) is 49.9 Å². The molecule has 0 saturated carbocycles. The van der Waals surface area contributed by atoms with E-state index in [1.54, 1.807) is 17.5 Å². The number of alkyl carbamates (subject to hydrolysis) is 1. The molecule has 0 bridgehead atoms. The molecule has 0 aliphatic carbocycles. The van der Waals surface area contributed by atoms with Crippen LogP contribution in [0.1, 0.15) is 84.0 Å². The van der Waals surface area contributed by atoms with Crippen molar-refractivity contribution in [2.75, 3.05) is 20.2 Å². The number of hydrogen-bond donors (Lipinski definition) is 4. The molecule has 0 radical (unpaired) electrons. The van der Waals surface area contributed by atoms with E-state index in [1.807, 2.05) is 49.8 Å². The Balaban J connectivity index is 1.09. The summed E-state index contributed by atoms with van der Waals surface area (Å²) >= 11 is 1.56. The molecule has 2 saturated heterocycles. The minimum Gasteiger partial charge on any atom is -0.453 e. The molecule has 284 valence electrons. The number of likely N-dealkylation sites (tertiary alicyclic amines) is 2. The SMILES string of the molecule is COC(=O)N[C@H](C(=O)N1CCC[C@H]1c1nc2c(ccc3cc(-c4cnc(-c5cnc([C@@H]6CCCN6C(=O)[C@@H](NC(C)=O)C(C)C)[nH]5)s4)ccc32)[nH]1)C(C)C. The number of amides is 4. The molecule has 5 heterocycles. The van der Waals surface area contributed by atoms with Gasteiger partial charge in [0, 0.05) is 31.6 Å². The number of ether oxygens (including phenoxy) is 1. The fraction of sp³-hybridized carbons (Fsp3) is 0.462. The fourth-order valence-electron chi connectivity index (χ4n) is 7.70. The van der Waals surface area contributed by atoms with Crippen LogP contribution in [-0.2, 0) is 19.1 Å². The van der Waals surface area contributed by atoms with Crippen LogP contribution in [0.5, 0.6) is 0 Å². The van der Waals surface area contributed by atoms with Crippen LogP contribution >= 0.6 is 11.3 Å². The molecule has 54 heavy (non-hydrogen) atoms. The number of aromatic amines is 2. The lowest BCUT2D eigenvalue weighted by molar-refractivity contribution is -0.138. The van der Waals surface area contributed by atoms with E-state index in [0.29, 0.717) is 18.9 Å². The summed E-state index contributed by atoms with van der Waals surface area (Å²) in [6.07, 6.45) is 6.28. The zero-order chi connectivity index (χ0) is 38.3. The monoisotopic (exact) mass is 753 g/mol. The van der Waals surface area contributed by atoms with Gasteiger partial charge in [-0.15, -0.1) is 11.3 Å². The van der Waals surface area contributed by atoms with Crippen LogP contribution in [-0.4, -0.2) is 90.8 Å². The van der Waals surface area contributed by atoms with E-state index in [0.717, 1.165) is 74.5 Å². The Bertz CT molecular complexity index is 2210. The topological polar surface area (TPSA) is 178 Å². The second-order valence-corrected chi connectivity index (χ2v) is 15.9. The van der Waals surface area contributed by atoms with Gasteiger partial charge in [0.1, 0.15) is 28.7 Å². The molecule has 4 amide bonds. The molecule has 0 unspecified atom stereocenters. The van der Waals surface area contributed by atoms with Gasteiger partial charge in [-0.1, -0.05) is 45.9 Å². The van der Waals surface area contributed by atoms with Crippen LogP contribution in [0.4, 0.5) is 4.79 Å². The van der Waals surface area contributed by atoms with Crippen LogP contribution in [0.15, 0.2) is 42.7 Å². The van der Waals surface area contributed by atoms with E-state index in [-0.39, 0.29) is 41.6 Å². The van der Waals surface area contributed by atoms with Crippen molar-refractivity contribution in [3.05, 3.63) is 54.4 Å². The number of benzene rings is 2. The third-order valence-corrected chi connectivity index (χ3v) is 11.6. The minimum atomic E-state index is -0.697. The lowest BCUT2D eigenvalue weighted by Gasteiger charge is -2.30. The predicted octanol–water partition coefficient (Wildman–Crippen LogP) is 6.10. The Morgan fingerprint density at radius 3 is 2.17 bits per heavy atom. The Labute approximate surface area is 317 Å². The number of rotatable bonds is 10. The zero-order valence-corrected chi connectivity index (χ0v) is 32.3. The van der Waals surface area contributed by atoms with E-state index in [1.165, 1.54) is 14.0 Å². The molecule has 2 fully saturated rings. The number of nitrogens with zero attached hydrogens (tertiary/aromatic N) is 5. The number of fused-ring (bicyclic) bond motifs is 3. The van der Waals surface area contributed by atoms with Gasteiger partial charge in [-0.3, -0.25) is 14.4 Å². The number of nitrogens with one attached hydrogen (secondary N) is 4. The molecular formula is C39H47N9O5S. The third kappa shape index (κ3) is 7.16. The summed E-state index contributed by atoms with van der Waals surface area (Å²) in [5.74, 6) is 0.851. The number of imidazole rings is 2. The highest BCUT2D eigenvalue weighted by molar-refractivity contribution is 7.18. The molecule has 4 atom stereocenters. The second-order valence-electron chi connectivity index (χ2n) is 14.9. The lowest BCUT2D eigenvalue weighted by Crippen LogP contribution is -2.51. The first kappa shape index (κ1) is 37.0. The van der Waals surface area contributed by atoms with Crippen LogP contribution < -0.4 is 10.6 Å². The van der Waals surface area contributed by atoms with Crippen LogP contribution in [0.25, 0.3) is 42.9 Å². The van der Waals surface area contributed by atoms with Crippen molar-refractivity contribution >= 4 is 57.0 Å². The Kier molecular flexibility index (Phi) is 10.4. The number of aromatic nitrogens is 5. The Morgan fingerprint density at radius 2 is 1.52 bits per heavy atom. The van der Waals surface area contributed by atoms with Crippen LogP contribution in [0, 0.1) is 11.8 Å². The zero-order valence-electron chi connectivity index (χ0n) is 31.4. The number of H-pyrrole nitrogens is 2. The van der Waals surface area contributed by atoms with Gasteiger partial charge in [0.2, 0.25) is 17.7 Å². The lowest BCUT2D eigenvalue weighted by atomic mass is 10.0. The summed E-state index contributed by atoms with van der Waals surface area (Å²) in [6.45, 7) is 10.3. The van der Waals surface area contributed by atoms with Gasteiger partial charge in [-0.25, -0.2) is 19.7 Å². The maximum absolute atomic E-state index is 13.7. The highest BCUT2D eigenvalue weighted by Gasteiger charge is 2.39. The maximum Gasteiger partial charge on any atom is 0.407 e. The highest BCUT2D eigenvalue weighted by Crippen LogP contribution is 2.38. The number of hydrogen-bond acceptors (Lipinski definition) is 9. The third-order valence-electron chi connectivity index (χ3n) is 10.5. The Morgan fingerprint density at radius 1 is 0.852 bits per heavy atom. The average Bonchev–Trinajstić information content (AvgIpc) is 3.99. The van der Waals surface area contributed by atoms with Gasteiger partial charge >= 0.3 is 6.09 Å². The highest BCUT2D eigenvalue weighted by atomic mass is 32.1. The average molecular weight is 754 g/mol. The van der Waals surface area contributed by atoms with Crippen LogP contribution in [0.2, 0.25) is 0 Å². The van der Waals surface area contributed by atoms with E-state index in [4.69, 9.17) is 14.7 Å². The molecule has 3 aromatic heterocycles. The molecule has 2 aliphatic rings. The number of carbonyl (C=O) groups is 4. The van der Waals surface area contributed by atoms with Gasteiger partial charge < -0.3 is 35.1 Å². The van der Waals surface area contributed by atoms with Crippen molar-refractivity contribution in [2.24, 2.45) is 11.8 Å². The van der Waals surface area contributed by atoms with Crippen molar-refractivity contribution in [2.45, 2.75) is 84.5 Å². The summed E-state index contributed by atoms with van der Waals surface area (Å²) < 4.78 is 4.78.